The molecule has 1 amide bonds. The average molecular weight is 211 g/mol. The van der Waals surface area contributed by atoms with Crippen molar-refractivity contribution in [3.8, 4) is 0 Å². The van der Waals surface area contributed by atoms with Gasteiger partial charge in [0.2, 0.25) is 0 Å². The van der Waals surface area contributed by atoms with Gasteiger partial charge in [0.25, 0.3) is 0 Å². The fraction of sp³-hybridized carbons (Fsp3) is 0.889. The normalized spacial score (nSPS) is 11.9. The van der Waals surface area contributed by atoms with Crippen LogP contribution in [0.1, 0.15) is 26.7 Å². The van der Waals surface area contributed by atoms with Crippen molar-refractivity contribution >= 4 is 5.91 Å². The summed E-state index contributed by atoms with van der Waals surface area (Å²) in [5, 5.41) is 0. The Morgan fingerprint density at radius 2 is 1.86 bits per heavy atom. The minimum Gasteiger partial charge on any atom is -0.338 e. The van der Waals surface area contributed by atoms with Crippen LogP contribution in [0.5, 0.6) is 0 Å². The Morgan fingerprint density at radius 1 is 1.36 bits per heavy atom. The van der Waals surface area contributed by atoms with Gasteiger partial charge < -0.3 is 4.90 Å². The summed E-state index contributed by atoms with van der Waals surface area (Å²) in [5.74, 6) is -1.31. The molecule has 0 atom stereocenters. The van der Waals surface area contributed by atoms with Gasteiger partial charge in [-0.15, -0.1) is 0 Å². The summed E-state index contributed by atoms with van der Waals surface area (Å²) in [7, 11) is 1.18. The Kier molecular flexibility index (Phi) is 4.94. The van der Waals surface area contributed by atoms with Crippen LogP contribution >= 0.6 is 0 Å². The molecule has 0 aliphatic carbocycles. The molecule has 0 aromatic heterocycles. The van der Waals surface area contributed by atoms with Crippen molar-refractivity contribution in [3.05, 3.63) is 0 Å². The molecule has 0 aliphatic heterocycles. The van der Waals surface area contributed by atoms with E-state index in [0.29, 0.717) is 12.3 Å². The van der Waals surface area contributed by atoms with E-state index in [1.54, 1.807) is 0 Å². The number of rotatable bonds is 4. The van der Waals surface area contributed by atoms with Crippen molar-refractivity contribution in [2.24, 2.45) is 5.92 Å². The SMILES string of the molecule is CC(C)CCCN(C)C(=O)C(F)(F)F. The molecule has 0 fully saturated rings. The van der Waals surface area contributed by atoms with Gasteiger partial charge in [-0.05, 0) is 18.8 Å². The molecule has 0 aromatic rings. The van der Waals surface area contributed by atoms with Gasteiger partial charge in [0.1, 0.15) is 0 Å². The largest absolute Gasteiger partial charge is 0.471 e. The number of halogens is 3. The number of alkyl halides is 3. The van der Waals surface area contributed by atoms with Crippen molar-refractivity contribution < 1.29 is 18.0 Å². The van der Waals surface area contributed by atoms with Crippen LogP contribution in [0, 0.1) is 5.92 Å². The van der Waals surface area contributed by atoms with Crippen LogP contribution in [0.2, 0.25) is 0 Å². The van der Waals surface area contributed by atoms with E-state index < -0.39 is 12.1 Å². The highest BCUT2D eigenvalue weighted by Gasteiger charge is 2.40. The van der Waals surface area contributed by atoms with Crippen LogP contribution in [0.3, 0.4) is 0 Å². The summed E-state index contributed by atoms with van der Waals surface area (Å²) in [6.07, 6.45) is -3.31. The Hall–Kier alpha value is -0.740. The summed E-state index contributed by atoms with van der Waals surface area (Å²) in [5.41, 5.74) is 0. The maximum atomic E-state index is 11.9. The van der Waals surface area contributed by atoms with Gasteiger partial charge in [0.05, 0.1) is 0 Å². The highest BCUT2D eigenvalue weighted by Crippen LogP contribution is 2.18. The van der Waals surface area contributed by atoms with Crippen molar-refractivity contribution in [2.75, 3.05) is 13.6 Å². The van der Waals surface area contributed by atoms with Gasteiger partial charge in [0.15, 0.2) is 0 Å². The second-order valence-electron chi connectivity index (χ2n) is 3.76. The van der Waals surface area contributed by atoms with Crippen LogP contribution < -0.4 is 0 Å². The first-order chi connectivity index (χ1) is 6.25. The number of amides is 1. The van der Waals surface area contributed by atoms with E-state index in [-0.39, 0.29) is 6.54 Å². The molecule has 0 spiro atoms. The van der Waals surface area contributed by atoms with Crippen LogP contribution in [0.25, 0.3) is 0 Å². The molecule has 0 aliphatic rings. The number of carbonyl (C=O) groups is 1. The third-order valence-electron chi connectivity index (χ3n) is 1.86. The molecule has 0 N–H and O–H groups in total. The van der Waals surface area contributed by atoms with Gasteiger partial charge in [0, 0.05) is 13.6 Å². The summed E-state index contributed by atoms with van der Waals surface area (Å²) >= 11 is 0. The van der Waals surface area contributed by atoms with Crippen LogP contribution in [-0.4, -0.2) is 30.6 Å². The molecular formula is C9H16F3NO. The Labute approximate surface area is 82.1 Å². The molecule has 0 unspecified atom stereocenters. The quantitative estimate of drug-likeness (QED) is 0.699. The zero-order valence-corrected chi connectivity index (χ0v) is 8.69. The first-order valence-corrected chi connectivity index (χ1v) is 4.57. The van der Waals surface area contributed by atoms with E-state index in [1.807, 2.05) is 13.8 Å². The lowest BCUT2D eigenvalue weighted by Crippen LogP contribution is -2.38. The fourth-order valence-corrected chi connectivity index (χ4v) is 1.05. The molecule has 2 nitrogen and oxygen atoms in total. The third kappa shape index (κ3) is 5.09. The number of hydrogen-bond acceptors (Lipinski definition) is 1. The van der Waals surface area contributed by atoms with E-state index >= 15 is 0 Å². The molecule has 0 bridgehead atoms. The van der Waals surface area contributed by atoms with Crippen molar-refractivity contribution in [2.45, 2.75) is 32.9 Å². The van der Waals surface area contributed by atoms with E-state index in [1.165, 1.54) is 7.05 Å². The highest BCUT2D eigenvalue weighted by atomic mass is 19.4. The summed E-state index contributed by atoms with van der Waals surface area (Å²) < 4.78 is 35.7. The molecule has 0 aromatic carbocycles. The van der Waals surface area contributed by atoms with Gasteiger partial charge in [-0.2, -0.15) is 13.2 Å². The second kappa shape index (κ2) is 5.22. The first kappa shape index (κ1) is 13.3. The Bertz CT molecular complexity index is 189. The van der Waals surface area contributed by atoms with Crippen LogP contribution in [-0.2, 0) is 4.79 Å². The lowest BCUT2D eigenvalue weighted by atomic mass is 10.1. The van der Waals surface area contributed by atoms with E-state index in [9.17, 15) is 18.0 Å². The van der Waals surface area contributed by atoms with E-state index in [0.717, 1.165) is 11.3 Å². The smallest absolute Gasteiger partial charge is 0.338 e. The Morgan fingerprint density at radius 3 is 2.21 bits per heavy atom. The maximum absolute atomic E-state index is 11.9. The molecule has 0 saturated carbocycles. The summed E-state index contributed by atoms with van der Waals surface area (Å²) in [6.45, 7) is 4.15. The summed E-state index contributed by atoms with van der Waals surface area (Å²) in [4.78, 5) is 11.4. The maximum Gasteiger partial charge on any atom is 0.471 e. The minimum absolute atomic E-state index is 0.163. The van der Waals surface area contributed by atoms with E-state index in [4.69, 9.17) is 0 Å². The lowest BCUT2D eigenvalue weighted by molar-refractivity contribution is -0.184. The molecule has 5 heteroatoms. The topological polar surface area (TPSA) is 20.3 Å². The molecule has 0 radical (unpaired) electrons. The van der Waals surface area contributed by atoms with E-state index in [2.05, 4.69) is 0 Å². The van der Waals surface area contributed by atoms with Gasteiger partial charge in [-0.25, -0.2) is 0 Å². The van der Waals surface area contributed by atoms with Crippen molar-refractivity contribution in [1.82, 2.24) is 4.90 Å². The second-order valence-corrected chi connectivity index (χ2v) is 3.76. The highest BCUT2D eigenvalue weighted by molar-refractivity contribution is 5.81. The molecule has 84 valence electrons. The average Bonchev–Trinajstić information content (AvgIpc) is 2.00. The minimum atomic E-state index is -4.74. The predicted octanol–water partition coefficient (Wildman–Crippen LogP) is 2.44. The van der Waals surface area contributed by atoms with Crippen molar-refractivity contribution in [1.29, 1.82) is 0 Å². The standard InChI is InChI=1S/C9H16F3NO/c1-7(2)5-4-6-13(3)8(14)9(10,11)12/h7H,4-6H2,1-3H3. The molecule has 0 heterocycles. The zero-order valence-electron chi connectivity index (χ0n) is 8.69. The van der Waals surface area contributed by atoms with Crippen LogP contribution in [0.4, 0.5) is 13.2 Å². The van der Waals surface area contributed by atoms with Crippen molar-refractivity contribution in [3.63, 3.8) is 0 Å². The number of hydrogen-bond donors (Lipinski definition) is 0. The molecule has 14 heavy (non-hydrogen) atoms. The molecule has 0 rings (SSSR count). The zero-order chi connectivity index (χ0) is 11.4. The van der Waals surface area contributed by atoms with Crippen LogP contribution in [0.15, 0.2) is 0 Å². The molecular weight excluding hydrogens is 195 g/mol. The first-order valence-electron chi connectivity index (χ1n) is 4.57. The lowest BCUT2D eigenvalue weighted by Gasteiger charge is -2.18. The summed E-state index contributed by atoms with van der Waals surface area (Å²) in [6, 6.07) is 0. The number of carbonyl (C=O) groups excluding carboxylic acids is 1. The van der Waals surface area contributed by atoms with Gasteiger partial charge >= 0.3 is 12.1 Å². The number of nitrogens with zero attached hydrogens (tertiary/aromatic N) is 1. The fourth-order valence-electron chi connectivity index (χ4n) is 1.05. The van der Waals surface area contributed by atoms with Gasteiger partial charge in [-0.3, -0.25) is 4.79 Å². The predicted molar refractivity (Wildman–Crippen MR) is 47.8 cm³/mol. The van der Waals surface area contributed by atoms with Gasteiger partial charge in [-0.1, -0.05) is 13.8 Å². The monoisotopic (exact) mass is 211 g/mol. The third-order valence-corrected chi connectivity index (χ3v) is 1.86. The molecule has 0 saturated heterocycles. The Balaban J connectivity index is 3.86.